The highest BCUT2D eigenvalue weighted by Crippen LogP contribution is 2.29. The minimum Gasteiger partial charge on any atom is -0.378 e. The van der Waals surface area contributed by atoms with Gasteiger partial charge >= 0.3 is 0 Å². The number of carbonyl (C=O) groups is 1. The Labute approximate surface area is 181 Å². The number of amidine groups is 1. The lowest BCUT2D eigenvalue weighted by Crippen LogP contribution is -2.32. The monoisotopic (exact) mass is 415 g/mol. The van der Waals surface area contributed by atoms with Crippen molar-refractivity contribution >= 4 is 40.8 Å². The third kappa shape index (κ3) is 4.00. The molecule has 0 radical (unpaired) electrons. The van der Waals surface area contributed by atoms with E-state index in [1.165, 1.54) is 0 Å². The molecule has 0 unspecified atom stereocenters. The average Bonchev–Trinajstić information content (AvgIpc) is 3.05. The van der Waals surface area contributed by atoms with Crippen LogP contribution in [0.25, 0.3) is 6.08 Å². The van der Waals surface area contributed by atoms with Gasteiger partial charge in [0.25, 0.3) is 5.91 Å². The highest BCUT2D eigenvalue weighted by molar-refractivity contribution is 6.34. The molecule has 0 saturated carbocycles. The number of amides is 1. The second-order valence-corrected chi connectivity index (χ2v) is 7.87. The van der Waals surface area contributed by atoms with E-state index < -0.39 is 0 Å². The number of nitrogens with zero attached hydrogens (tertiary/aromatic N) is 3. The van der Waals surface area contributed by atoms with Gasteiger partial charge in [-0.2, -0.15) is 0 Å². The van der Waals surface area contributed by atoms with Gasteiger partial charge in [0.15, 0.2) is 0 Å². The van der Waals surface area contributed by atoms with Crippen LogP contribution in [0.1, 0.15) is 16.7 Å². The molecule has 3 aromatic rings. The number of hydrogen-bond acceptors (Lipinski definition) is 3. The molecule has 0 bridgehead atoms. The van der Waals surface area contributed by atoms with Crippen molar-refractivity contribution in [1.82, 2.24) is 0 Å². The average molecular weight is 416 g/mol. The largest absolute Gasteiger partial charge is 0.378 e. The molecule has 1 heterocycles. The van der Waals surface area contributed by atoms with Crippen LogP contribution in [0.3, 0.4) is 0 Å². The number of benzene rings is 3. The summed E-state index contributed by atoms with van der Waals surface area (Å²) in [5.74, 6) is 0.452. The zero-order valence-corrected chi connectivity index (χ0v) is 17.9. The fourth-order valence-electron chi connectivity index (χ4n) is 3.35. The summed E-state index contributed by atoms with van der Waals surface area (Å²) in [7, 11) is 3.99. The van der Waals surface area contributed by atoms with E-state index in [9.17, 15) is 4.79 Å². The maximum absolute atomic E-state index is 13.3. The van der Waals surface area contributed by atoms with Crippen molar-refractivity contribution < 1.29 is 4.79 Å². The first-order chi connectivity index (χ1) is 14.4. The van der Waals surface area contributed by atoms with Gasteiger partial charge in [0.1, 0.15) is 11.5 Å². The highest BCUT2D eigenvalue weighted by atomic mass is 35.5. The fourth-order valence-corrected chi connectivity index (χ4v) is 3.48. The van der Waals surface area contributed by atoms with E-state index in [-0.39, 0.29) is 5.91 Å². The lowest BCUT2D eigenvalue weighted by molar-refractivity contribution is -0.113. The summed E-state index contributed by atoms with van der Waals surface area (Å²) in [5, 5.41) is 0.621. The van der Waals surface area contributed by atoms with Crippen LogP contribution in [0.4, 0.5) is 11.4 Å². The van der Waals surface area contributed by atoms with Gasteiger partial charge in [0, 0.05) is 30.4 Å². The number of aliphatic imine (C=N–C) groups is 1. The van der Waals surface area contributed by atoms with Gasteiger partial charge in [-0.25, -0.2) is 4.99 Å². The van der Waals surface area contributed by atoms with E-state index >= 15 is 0 Å². The van der Waals surface area contributed by atoms with Crippen molar-refractivity contribution in [2.45, 2.75) is 6.92 Å². The van der Waals surface area contributed by atoms with Crippen molar-refractivity contribution in [2.75, 3.05) is 23.9 Å². The molecule has 0 aromatic heterocycles. The van der Waals surface area contributed by atoms with Crippen LogP contribution in [0.5, 0.6) is 0 Å². The summed E-state index contributed by atoms with van der Waals surface area (Å²) in [5.41, 5.74) is 5.16. The maximum atomic E-state index is 13.3. The third-order valence-corrected chi connectivity index (χ3v) is 5.19. The molecule has 150 valence electrons. The summed E-state index contributed by atoms with van der Waals surface area (Å²) >= 11 is 6.05. The molecule has 4 rings (SSSR count). The Morgan fingerprint density at radius 1 is 0.967 bits per heavy atom. The first kappa shape index (κ1) is 19.9. The Balaban J connectivity index is 1.78. The first-order valence-electron chi connectivity index (χ1n) is 9.67. The van der Waals surface area contributed by atoms with Crippen LogP contribution in [0.2, 0.25) is 5.02 Å². The van der Waals surface area contributed by atoms with Gasteiger partial charge in [0.2, 0.25) is 0 Å². The molecule has 1 aliphatic heterocycles. The smallest absolute Gasteiger partial charge is 0.282 e. The van der Waals surface area contributed by atoms with E-state index in [2.05, 4.69) is 0 Å². The van der Waals surface area contributed by atoms with Crippen LogP contribution < -0.4 is 9.80 Å². The maximum Gasteiger partial charge on any atom is 0.282 e. The minimum absolute atomic E-state index is 0.162. The second-order valence-electron chi connectivity index (χ2n) is 7.44. The number of carbonyl (C=O) groups excluding carboxylic acids is 1. The molecule has 0 N–H and O–H groups in total. The number of hydrogen-bond donors (Lipinski definition) is 0. The minimum atomic E-state index is -0.162. The van der Waals surface area contributed by atoms with Crippen molar-refractivity contribution in [3.63, 3.8) is 0 Å². The molecule has 3 aromatic carbocycles. The molecule has 0 spiro atoms. The predicted molar refractivity (Wildman–Crippen MR) is 125 cm³/mol. The third-order valence-electron chi connectivity index (χ3n) is 4.93. The van der Waals surface area contributed by atoms with E-state index in [1.807, 2.05) is 92.7 Å². The Kier molecular flexibility index (Phi) is 5.42. The van der Waals surface area contributed by atoms with Gasteiger partial charge in [-0.15, -0.1) is 0 Å². The second kappa shape index (κ2) is 8.17. The molecule has 0 fully saturated rings. The molecular weight excluding hydrogens is 394 g/mol. The highest BCUT2D eigenvalue weighted by Gasteiger charge is 2.32. The summed E-state index contributed by atoms with van der Waals surface area (Å²) in [4.78, 5) is 21.7. The zero-order chi connectivity index (χ0) is 21.3. The number of rotatable bonds is 4. The molecule has 0 aliphatic carbocycles. The summed E-state index contributed by atoms with van der Waals surface area (Å²) in [6.45, 7) is 2.02. The standard InChI is InChI=1S/C25H22ClN3O/c1-17-5-4-6-19(15-17)24-27-23(16-18-7-11-21(12-8-18)28(2)3)25(30)29(24)22-13-9-20(26)10-14-22/h4-16H,1-3H3/b23-16+. The van der Waals surface area contributed by atoms with Crippen molar-refractivity contribution in [3.05, 3.63) is 100 Å². The topological polar surface area (TPSA) is 35.9 Å². The molecule has 1 amide bonds. The van der Waals surface area contributed by atoms with E-state index in [1.54, 1.807) is 17.0 Å². The van der Waals surface area contributed by atoms with E-state index in [0.717, 1.165) is 28.1 Å². The normalized spacial score (nSPS) is 14.9. The molecule has 30 heavy (non-hydrogen) atoms. The van der Waals surface area contributed by atoms with Crippen molar-refractivity contribution in [1.29, 1.82) is 0 Å². The van der Waals surface area contributed by atoms with Crippen LogP contribution in [0.15, 0.2) is 83.5 Å². The Bertz CT molecular complexity index is 1150. The quantitative estimate of drug-likeness (QED) is 0.524. The van der Waals surface area contributed by atoms with Gasteiger partial charge in [0.05, 0.1) is 5.69 Å². The van der Waals surface area contributed by atoms with Gasteiger partial charge in [-0.05, 0) is 61.0 Å². The van der Waals surface area contributed by atoms with E-state index in [4.69, 9.17) is 16.6 Å². The number of halogens is 1. The SMILES string of the molecule is Cc1cccc(C2=N/C(=C/c3ccc(N(C)C)cc3)C(=O)N2c2ccc(Cl)cc2)c1. The summed E-state index contributed by atoms with van der Waals surface area (Å²) in [6.07, 6.45) is 1.83. The molecule has 0 saturated heterocycles. The Morgan fingerprint density at radius 2 is 1.67 bits per heavy atom. The molecule has 0 atom stereocenters. The molecule has 4 nitrogen and oxygen atoms in total. The van der Waals surface area contributed by atoms with Gasteiger partial charge in [-0.1, -0.05) is 47.5 Å². The number of anilines is 2. The Hall–Kier alpha value is -3.37. The van der Waals surface area contributed by atoms with Crippen LogP contribution in [-0.4, -0.2) is 25.8 Å². The van der Waals surface area contributed by atoms with Crippen LogP contribution in [0, 0.1) is 6.92 Å². The fraction of sp³-hybridized carbons (Fsp3) is 0.120. The lowest BCUT2D eigenvalue weighted by atomic mass is 10.1. The lowest BCUT2D eigenvalue weighted by Gasteiger charge is -2.19. The van der Waals surface area contributed by atoms with Crippen molar-refractivity contribution in [3.8, 4) is 0 Å². The molecule has 5 heteroatoms. The van der Waals surface area contributed by atoms with Crippen LogP contribution in [-0.2, 0) is 4.79 Å². The molecule has 1 aliphatic rings. The summed E-state index contributed by atoms with van der Waals surface area (Å²) < 4.78 is 0. The van der Waals surface area contributed by atoms with E-state index in [0.29, 0.717) is 16.6 Å². The van der Waals surface area contributed by atoms with Crippen molar-refractivity contribution in [2.24, 2.45) is 4.99 Å². The Morgan fingerprint density at radius 3 is 2.30 bits per heavy atom. The zero-order valence-electron chi connectivity index (χ0n) is 17.1. The first-order valence-corrected chi connectivity index (χ1v) is 10.0. The predicted octanol–water partition coefficient (Wildman–Crippen LogP) is 5.55. The van der Waals surface area contributed by atoms with Gasteiger partial charge in [-0.3, -0.25) is 9.69 Å². The molecular formula is C25H22ClN3O. The number of aryl methyl sites for hydroxylation is 1. The summed E-state index contributed by atoms with van der Waals surface area (Å²) in [6, 6.07) is 23.2. The van der Waals surface area contributed by atoms with Crippen LogP contribution >= 0.6 is 11.6 Å². The van der Waals surface area contributed by atoms with Gasteiger partial charge < -0.3 is 4.90 Å².